The van der Waals surface area contributed by atoms with E-state index in [0.717, 1.165) is 6.42 Å². The van der Waals surface area contributed by atoms with Gasteiger partial charge in [0.05, 0.1) is 17.7 Å². The van der Waals surface area contributed by atoms with Gasteiger partial charge in [-0.3, -0.25) is 0 Å². The highest BCUT2D eigenvalue weighted by Crippen LogP contribution is 2.17. The van der Waals surface area contributed by atoms with Crippen LogP contribution in [0.25, 0.3) is 0 Å². The van der Waals surface area contributed by atoms with Gasteiger partial charge in [-0.05, 0) is 48.9 Å². The number of benzene rings is 2. The molecule has 0 fully saturated rings. The van der Waals surface area contributed by atoms with Crippen molar-refractivity contribution in [2.75, 3.05) is 6.61 Å². The van der Waals surface area contributed by atoms with Crippen molar-refractivity contribution in [1.82, 2.24) is 0 Å². The molecular weight excluding hydrogens is 304 g/mol. The zero-order valence-electron chi connectivity index (χ0n) is 12.0. The lowest BCUT2D eigenvalue weighted by molar-refractivity contribution is 0.0505. The van der Waals surface area contributed by atoms with E-state index < -0.39 is 11.9 Å². The summed E-state index contributed by atoms with van der Waals surface area (Å²) in [5, 5.41) is 0.462. The van der Waals surface area contributed by atoms with Crippen LogP contribution in [0.1, 0.15) is 34.1 Å². The number of rotatable bonds is 5. The third-order valence-electron chi connectivity index (χ3n) is 2.80. The fourth-order valence-electron chi connectivity index (χ4n) is 1.72. The molecule has 0 aliphatic rings. The Balaban J connectivity index is 2.02. The lowest BCUT2D eigenvalue weighted by Gasteiger charge is -2.06. The summed E-state index contributed by atoms with van der Waals surface area (Å²) in [5.74, 6) is -0.560. The second-order valence-corrected chi connectivity index (χ2v) is 5.00. The maximum atomic E-state index is 12.0. The van der Waals surface area contributed by atoms with E-state index >= 15 is 0 Å². The summed E-state index contributed by atoms with van der Waals surface area (Å²) in [6, 6.07) is 12.7. The van der Waals surface area contributed by atoms with Crippen LogP contribution in [0.15, 0.2) is 48.5 Å². The van der Waals surface area contributed by atoms with Crippen LogP contribution in [-0.4, -0.2) is 18.5 Å². The van der Waals surface area contributed by atoms with Crippen LogP contribution in [0.3, 0.4) is 0 Å². The van der Waals surface area contributed by atoms with Crippen LogP contribution in [0.2, 0.25) is 5.02 Å². The molecule has 0 bridgehead atoms. The average molecular weight is 319 g/mol. The molecule has 0 amide bonds. The first kappa shape index (κ1) is 16.0. The van der Waals surface area contributed by atoms with E-state index in [0.29, 0.717) is 28.5 Å². The van der Waals surface area contributed by atoms with E-state index in [1.165, 1.54) is 6.07 Å². The Bertz CT molecular complexity index is 665. The second kappa shape index (κ2) is 7.61. The highest BCUT2D eigenvalue weighted by molar-refractivity contribution is 6.30. The lowest BCUT2D eigenvalue weighted by atomic mass is 10.2. The molecule has 114 valence electrons. The molecule has 0 aliphatic heterocycles. The molecule has 2 aromatic rings. The van der Waals surface area contributed by atoms with Crippen molar-refractivity contribution in [3.8, 4) is 5.75 Å². The summed E-state index contributed by atoms with van der Waals surface area (Å²) in [6.07, 6.45) is 0.765. The first-order valence-corrected chi connectivity index (χ1v) is 7.23. The molecule has 0 atom stereocenters. The van der Waals surface area contributed by atoms with Gasteiger partial charge in [-0.25, -0.2) is 9.59 Å². The Morgan fingerprint density at radius 3 is 2.36 bits per heavy atom. The molecule has 0 saturated carbocycles. The molecule has 5 heteroatoms. The van der Waals surface area contributed by atoms with Crippen molar-refractivity contribution in [3.63, 3.8) is 0 Å². The summed E-state index contributed by atoms with van der Waals surface area (Å²) >= 11 is 5.83. The fraction of sp³-hybridized carbons (Fsp3) is 0.176. The molecule has 0 N–H and O–H groups in total. The average Bonchev–Trinajstić information content (AvgIpc) is 2.53. The van der Waals surface area contributed by atoms with Gasteiger partial charge >= 0.3 is 11.9 Å². The monoisotopic (exact) mass is 318 g/mol. The number of halogens is 1. The summed E-state index contributed by atoms with van der Waals surface area (Å²) < 4.78 is 10.2. The predicted octanol–water partition coefficient (Wildman–Crippen LogP) is 4.13. The highest BCUT2D eigenvalue weighted by Gasteiger charge is 2.11. The van der Waals surface area contributed by atoms with Crippen LogP contribution in [0.4, 0.5) is 0 Å². The van der Waals surface area contributed by atoms with Gasteiger partial charge in [0.2, 0.25) is 0 Å². The quantitative estimate of drug-likeness (QED) is 0.614. The molecule has 4 nitrogen and oxygen atoms in total. The smallest absolute Gasteiger partial charge is 0.343 e. The minimum atomic E-state index is -0.510. The first-order valence-electron chi connectivity index (χ1n) is 6.85. The van der Waals surface area contributed by atoms with Crippen molar-refractivity contribution >= 4 is 23.5 Å². The van der Waals surface area contributed by atoms with Crippen LogP contribution in [0, 0.1) is 0 Å². The van der Waals surface area contributed by atoms with Crippen LogP contribution in [0.5, 0.6) is 5.75 Å². The maximum Gasteiger partial charge on any atom is 0.343 e. The van der Waals surface area contributed by atoms with Gasteiger partial charge in [-0.15, -0.1) is 0 Å². The highest BCUT2D eigenvalue weighted by atomic mass is 35.5. The Morgan fingerprint density at radius 2 is 1.73 bits per heavy atom. The van der Waals surface area contributed by atoms with Crippen LogP contribution >= 0.6 is 11.6 Å². The molecule has 2 aromatic carbocycles. The van der Waals surface area contributed by atoms with Crippen molar-refractivity contribution in [2.24, 2.45) is 0 Å². The number of carbonyl (C=O) groups is 2. The number of hydrogen-bond donors (Lipinski definition) is 0. The summed E-state index contributed by atoms with van der Waals surface area (Å²) in [5.41, 5.74) is 0.773. The van der Waals surface area contributed by atoms with E-state index in [-0.39, 0.29) is 0 Å². The Labute approximate surface area is 133 Å². The predicted molar refractivity (Wildman–Crippen MR) is 83.4 cm³/mol. The molecule has 0 heterocycles. The van der Waals surface area contributed by atoms with Gasteiger partial charge in [-0.2, -0.15) is 0 Å². The third kappa shape index (κ3) is 4.33. The lowest BCUT2D eigenvalue weighted by Crippen LogP contribution is -2.09. The summed E-state index contributed by atoms with van der Waals surface area (Å²) in [4.78, 5) is 23.6. The molecule has 0 aromatic heterocycles. The van der Waals surface area contributed by atoms with Crippen molar-refractivity contribution in [1.29, 1.82) is 0 Å². The number of esters is 2. The summed E-state index contributed by atoms with van der Waals surface area (Å²) in [7, 11) is 0. The van der Waals surface area contributed by atoms with Gasteiger partial charge < -0.3 is 9.47 Å². The Morgan fingerprint density at radius 1 is 1.00 bits per heavy atom. The molecular formula is C17H15ClO4. The normalized spacial score (nSPS) is 10.1. The Kier molecular flexibility index (Phi) is 5.55. The maximum absolute atomic E-state index is 12.0. The van der Waals surface area contributed by atoms with E-state index in [9.17, 15) is 9.59 Å². The Hall–Kier alpha value is -2.33. The van der Waals surface area contributed by atoms with Crippen molar-refractivity contribution in [2.45, 2.75) is 13.3 Å². The van der Waals surface area contributed by atoms with Gasteiger partial charge in [-0.1, -0.05) is 24.6 Å². The number of carbonyl (C=O) groups excluding carboxylic acids is 2. The van der Waals surface area contributed by atoms with Gasteiger partial charge in [0, 0.05) is 5.02 Å². The second-order valence-electron chi connectivity index (χ2n) is 4.56. The van der Waals surface area contributed by atoms with E-state index in [4.69, 9.17) is 21.1 Å². The van der Waals surface area contributed by atoms with Crippen molar-refractivity contribution < 1.29 is 19.1 Å². The largest absolute Gasteiger partial charge is 0.462 e. The zero-order valence-corrected chi connectivity index (χ0v) is 12.8. The molecule has 0 aliphatic carbocycles. The molecule has 22 heavy (non-hydrogen) atoms. The van der Waals surface area contributed by atoms with E-state index in [1.54, 1.807) is 42.5 Å². The molecule has 0 unspecified atom stereocenters. The standard InChI is InChI=1S/C17H15ClO4/c1-2-10-21-16(19)12-6-8-15(9-7-12)22-17(20)13-4-3-5-14(18)11-13/h3-9,11H,2,10H2,1H3. The number of hydrogen-bond acceptors (Lipinski definition) is 4. The van der Waals surface area contributed by atoms with Crippen LogP contribution in [-0.2, 0) is 4.74 Å². The fourth-order valence-corrected chi connectivity index (χ4v) is 1.91. The van der Waals surface area contributed by atoms with E-state index in [1.807, 2.05) is 6.92 Å². The molecule has 0 saturated heterocycles. The van der Waals surface area contributed by atoms with Gasteiger partial charge in [0.1, 0.15) is 5.75 Å². The van der Waals surface area contributed by atoms with Crippen molar-refractivity contribution in [3.05, 3.63) is 64.7 Å². The first-order chi connectivity index (χ1) is 10.6. The van der Waals surface area contributed by atoms with E-state index in [2.05, 4.69) is 0 Å². The van der Waals surface area contributed by atoms with Gasteiger partial charge in [0.25, 0.3) is 0 Å². The third-order valence-corrected chi connectivity index (χ3v) is 3.03. The topological polar surface area (TPSA) is 52.6 Å². The summed E-state index contributed by atoms with van der Waals surface area (Å²) in [6.45, 7) is 2.30. The number of ether oxygens (including phenoxy) is 2. The SMILES string of the molecule is CCCOC(=O)c1ccc(OC(=O)c2cccc(Cl)c2)cc1. The zero-order chi connectivity index (χ0) is 15.9. The molecule has 0 radical (unpaired) electrons. The minimum Gasteiger partial charge on any atom is -0.462 e. The molecule has 2 rings (SSSR count). The van der Waals surface area contributed by atoms with Crippen LogP contribution < -0.4 is 4.74 Å². The minimum absolute atomic E-state index is 0.344. The van der Waals surface area contributed by atoms with Gasteiger partial charge in [0.15, 0.2) is 0 Å². The molecule has 0 spiro atoms.